The van der Waals surface area contributed by atoms with Crippen LogP contribution in [0.4, 0.5) is 4.39 Å². The first-order valence-electron chi connectivity index (χ1n) is 8.00. The van der Waals surface area contributed by atoms with Gasteiger partial charge in [-0.25, -0.2) is 12.8 Å². The number of carboxylic acid groups (broad SMARTS) is 1. The van der Waals surface area contributed by atoms with Gasteiger partial charge in [-0.05, 0) is 44.7 Å². The van der Waals surface area contributed by atoms with Gasteiger partial charge in [0.25, 0.3) is 0 Å². The number of halogens is 1. The van der Waals surface area contributed by atoms with Crippen molar-refractivity contribution in [2.75, 3.05) is 0 Å². The first-order valence-corrected chi connectivity index (χ1v) is 9.49. The summed E-state index contributed by atoms with van der Waals surface area (Å²) in [7, 11) is -4.16. The van der Waals surface area contributed by atoms with Crippen LogP contribution in [0.2, 0.25) is 0 Å². The van der Waals surface area contributed by atoms with Crippen LogP contribution in [0, 0.1) is 11.7 Å². The highest BCUT2D eigenvalue weighted by Gasteiger charge is 2.29. The Morgan fingerprint density at radius 1 is 1.20 bits per heavy atom. The number of carbonyl (C=O) groups is 2. The highest BCUT2D eigenvalue weighted by molar-refractivity contribution is 7.89. The molecule has 1 fully saturated rings. The number of carbonyl (C=O) groups excluding carboxylic acids is 1. The predicted octanol–water partition coefficient (Wildman–Crippen LogP) is 1.25. The van der Waals surface area contributed by atoms with Crippen LogP contribution in [-0.4, -0.2) is 37.5 Å². The van der Waals surface area contributed by atoms with Crippen molar-refractivity contribution < 1.29 is 27.5 Å². The zero-order valence-corrected chi connectivity index (χ0v) is 14.6. The Bertz CT molecular complexity index is 745. The Morgan fingerprint density at radius 2 is 1.80 bits per heavy atom. The third kappa shape index (κ3) is 4.99. The molecule has 0 heterocycles. The highest BCUT2D eigenvalue weighted by atomic mass is 32.2. The van der Waals surface area contributed by atoms with Crippen LogP contribution < -0.4 is 10.0 Å². The molecule has 9 heteroatoms. The van der Waals surface area contributed by atoms with E-state index in [4.69, 9.17) is 5.11 Å². The standard InChI is InChI=1S/C16H21FN2O5S/c1-10(19-25(23,24)14-5-3-2-4-13(14)17)15(20)18-12-8-6-11(7-9-12)16(21)22/h2-5,10-12,19H,6-9H2,1H3,(H,18,20)(H,21,22). The van der Waals surface area contributed by atoms with E-state index in [1.165, 1.54) is 19.1 Å². The van der Waals surface area contributed by atoms with Crippen LogP contribution >= 0.6 is 0 Å². The lowest BCUT2D eigenvalue weighted by atomic mass is 9.86. The second-order valence-electron chi connectivity index (χ2n) is 6.17. The summed E-state index contributed by atoms with van der Waals surface area (Å²) in [6.45, 7) is 1.37. The minimum absolute atomic E-state index is 0.191. The van der Waals surface area contributed by atoms with E-state index in [0.717, 1.165) is 12.1 Å². The maximum atomic E-state index is 13.6. The Labute approximate surface area is 145 Å². The van der Waals surface area contributed by atoms with Crippen LogP contribution in [0.1, 0.15) is 32.6 Å². The minimum atomic E-state index is -4.16. The molecule has 1 aliphatic carbocycles. The van der Waals surface area contributed by atoms with Crippen molar-refractivity contribution in [2.45, 2.75) is 49.6 Å². The predicted molar refractivity (Wildman–Crippen MR) is 87.7 cm³/mol. The zero-order chi connectivity index (χ0) is 18.6. The lowest BCUT2D eigenvalue weighted by Crippen LogP contribution is -2.49. The van der Waals surface area contributed by atoms with Gasteiger partial charge in [-0.15, -0.1) is 0 Å². The summed E-state index contributed by atoms with van der Waals surface area (Å²) in [5, 5.41) is 11.7. The molecule has 0 spiro atoms. The van der Waals surface area contributed by atoms with E-state index < -0.39 is 44.6 Å². The molecule has 1 aliphatic rings. The molecule has 25 heavy (non-hydrogen) atoms. The van der Waals surface area contributed by atoms with Crippen molar-refractivity contribution in [2.24, 2.45) is 5.92 Å². The van der Waals surface area contributed by atoms with Gasteiger partial charge in [0, 0.05) is 6.04 Å². The van der Waals surface area contributed by atoms with Gasteiger partial charge in [-0.2, -0.15) is 4.72 Å². The number of hydrogen-bond donors (Lipinski definition) is 3. The number of hydrogen-bond acceptors (Lipinski definition) is 4. The van der Waals surface area contributed by atoms with Crippen molar-refractivity contribution in [3.8, 4) is 0 Å². The summed E-state index contributed by atoms with van der Waals surface area (Å²) in [5.41, 5.74) is 0. The Balaban J connectivity index is 1.92. The minimum Gasteiger partial charge on any atom is -0.481 e. The van der Waals surface area contributed by atoms with Gasteiger partial charge >= 0.3 is 5.97 Å². The Morgan fingerprint density at radius 3 is 2.36 bits per heavy atom. The molecule has 0 saturated heterocycles. The Hall–Kier alpha value is -2.00. The van der Waals surface area contributed by atoms with E-state index in [-0.39, 0.29) is 6.04 Å². The fourth-order valence-electron chi connectivity index (χ4n) is 2.82. The first-order chi connectivity index (χ1) is 11.7. The zero-order valence-electron chi connectivity index (χ0n) is 13.7. The van der Waals surface area contributed by atoms with E-state index >= 15 is 0 Å². The van der Waals surface area contributed by atoms with Crippen molar-refractivity contribution in [1.82, 2.24) is 10.0 Å². The molecule has 1 amide bonds. The number of nitrogens with one attached hydrogen (secondary N) is 2. The van der Waals surface area contributed by atoms with Crippen LogP contribution in [0.15, 0.2) is 29.2 Å². The van der Waals surface area contributed by atoms with Crippen LogP contribution in [0.3, 0.4) is 0 Å². The van der Waals surface area contributed by atoms with E-state index in [0.29, 0.717) is 25.7 Å². The molecule has 1 atom stereocenters. The second kappa shape index (κ2) is 7.92. The fraction of sp³-hybridized carbons (Fsp3) is 0.500. The van der Waals surface area contributed by atoms with Gasteiger partial charge in [0.15, 0.2) is 0 Å². The molecule has 1 aromatic rings. The number of carboxylic acids is 1. The SMILES string of the molecule is CC(NS(=O)(=O)c1ccccc1F)C(=O)NC1CCC(C(=O)O)CC1. The molecule has 7 nitrogen and oxygen atoms in total. The maximum Gasteiger partial charge on any atom is 0.306 e. The van der Waals surface area contributed by atoms with Crippen molar-refractivity contribution >= 4 is 21.9 Å². The average Bonchev–Trinajstić information content (AvgIpc) is 2.55. The third-order valence-electron chi connectivity index (χ3n) is 4.27. The lowest BCUT2D eigenvalue weighted by molar-refractivity contribution is -0.142. The van der Waals surface area contributed by atoms with E-state index in [2.05, 4.69) is 10.0 Å². The molecule has 1 unspecified atom stereocenters. The van der Waals surface area contributed by atoms with Gasteiger partial charge in [0.05, 0.1) is 12.0 Å². The summed E-state index contributed by atoms with van der Waals surface area (Å²) in [6.07, 6.45) is 1.98. The van der Waals surface area contributed by atoms with E-state index in [1.54, 1.807) is 0 Å². The summed E-state index contributed by atoms with van der Waals surface area (Å²) in [5.74, 6) is -2.66. The summed E-state index contributed by atoms with van der Waals surface area (Å²) in [6, 6.07) is 3.64. The number of amides is 1. The van der Waals surface area contributed by atoms with E-state index in [1.807, 2.05) is 0 Å². The third-order valence-corrected chi connectivity index (χ3v) is 5.85. The quantitative estimate of drug-likeness (QED) is 0.696. The Kier molecular flexibility index (Phi) is 6.12. The molecule has 3 N–H and O–H groups in total. The molecule has 0 aromatic heterocycles. The molecular weight excluding hydrogens is 351 g/mol. The highest BCUT2D eigenvalue weighted by Crippen LogP contribution is 2.24. The largest absolute Gasteiger partial charge is 0.481 e. The molecule has 0 bridgehead atoms. The first kappa shape index (κ1) is 19.3. The second-order valence-corrected chi connectivity index (χ2v) is 7.85. The fourth-order valence-corrected chi connectivity index (χ4v) is 4.11. The smallest absolute Gasteiger partial charge is 0.306 e. The van der Waals surface area contributed by atoms with Gasteiger partial charge < -0.3 is 10.4 Å². The van der Waals surface area contributed by atoms with Gasteiger partial charge in [0.2, 0.25) is 15.9 Å². The van der Waals surface area contributed by atoms with Crippen LogP contribution in [-0.2, 0) is 19.6 Å². The molecule has 1 aromatic carbocycles. The summed E-state index contributed by atoms with van der Waals surface area (Å²) < 4.78 is 40.2. The topological polar surface area (TPSA) is 113 Å². The van der Waals surface area contributed by atoms with Gasteiger partial charge in [-0.3, -0.25) is 9.59 Å². The average molecular weight is 372 g/mol. The lowest BCUT2D eigenvalue weighted by Gasteiger charge is -2.28. The van der Waals surface area contributed by atoms with Crippen LogP contribution in [0.5, 0.6) is 0 Å². The normalized spacial score (nSPS) is 22.2. The maximum absolute atomic E-state index is 13.6. The number of aliphatic carboxylic acids is 1. The number of benzene rings is 1. The van der Waals surface area contributed by atoms with Gasteiger partial charge in [-0.1, -0.05) is 12.1 Å². The number of rotatable bonds is 6. The molecule has 1 saturated carbocycles. The monoisotopic (exact) mass is 372 g/mol. The van der Waals surface area contributed by atoms with Crippen molar-refractivity contribution in [3.05, 3.63) is 30.1 Å². The van der Waals surface area contributed by atoms with Gasteiger partial charge in [0.1, 0.15) is 10.7 Å². The molecule has 138 valence electrons. The molecule has 2 rings (SSSR count). The van der Waals surface area contributed by atoms with Crippen LogP contribution in [0.25, 0.3) is 0 Å². The molecule has 0 aliphatic heterocycles. The number of sulfonamides is 1. The summed E-state index contributed by atoms with van der Waals surface area (Å²) in [4.78, 5) is 22.6. The van der Waals surface area contributed by atoms with Crippen molar-refractivity contribution in [1.29, 1.82) is 0 Å². The van der Waals surface area contributed by atoms with E-state index in [9.17, 15) is 22.4 Å². The van der Waals surface area contributed by atoms with Crippen molar-refractivity contribution in [3.63, 3.8) is 0 Å². The molecule has 0 radical (unpaired) electrons. The molecular formula is C16H21FN2O5S. The summed E-state index contributed by atoms with van der Waals surface area (Å²) >= 11 is 0.